The molecule has 0 radical (unpaired) electrons. The molecule has 1 rings (SSSR count). The van der Waals surface area contributed by atoms with Gasteiger partial charge in [0.05, 0.1) is 12.9 Å². The van der Waals surface area contributed by atoms with Crippen LogP contribution in [0.5, 0.6) is 0 Å². The summed E-state index contributed by atoms with van der Waals surface area (Å²) >= 11 is 0. The van der Waals surface area contributed by atoms with Crippen LogP contribution in [-0.4, -0.2) is 50.6 Å². The van der Waals surface area contributed by atoms with Crippen molar-refractivity contribution in [3.63, 3.8) is 0 Å². The molecule has 0 aliphatic rings. The highest BCUT2D eigenvalue weighted by atomic mass is 16.5. The molecule has 6 heteroatoms. The summed E-state index contributed by atoms with van der Waals surface area (Å²) in [4.78, 5) is 18.2. The number of hydrogen-bond donors (Lipinski definition) is 1. The van der Waals surface area contributed by atoms with Crippen molar-refractivity contribution in [1.29, 1.82) is 0 Å². The van der Waals surface area contributed by atoms with Crippen molar-refractivity contribution in [2.24, 2.45) is 4.99 Å². The van der Waals surface area contributed by atoms with Crippen LogP contribution in [0.4, 0.5) is 0 Å². The minimum Gasteiger partial charge on any atom is -0.465 e. The van der Waals surface area contributed by atoms with E-state index in [-0.39, 0.29) is 17.7 Å². The van der Waals surface area contributed by atoms with Crippen LogP contribution in [0.25, 0.3) is 0 Å². The first-order valence-electron chi connectivity index (χ1n) is 6.80. The zero-order valence-corrected chi connectivity index (χ0v) is 12.4. The molecule has 20 heavy (non-hydrogen) atoms. The number of carbonyl (C=O) groups excluding carboxylic acids is 1. The summed E-state index contributed by atoms with van der Waals surface area (Å²) in [6, 6.07) is 3.51. The maximum absolute atomic E-state index is 11.8. The predicted octanol–water partition coefficient (Wildman–Crippen LogP) is 1.74. The first-order chi connectivity index (χ1) is 9.63. The third kappa shape index (κ3) is 6.38. The molecule has 0 fully saturated rings. The number of carbonyl (C=O) groups is 1. The van der Waals surface area contributed by atoms with E-state index in [0.29, 0.717) is 13.2 Å². The Hall–Kier alpha value is -1.82. The van der Waals surface area contributed by atoms with Gasteiger partial charge in [0.1, 0.15) is 0 Å². The minimum absolute atomic E-state index is 0.242. The Labute approximate surface area is 119 Å². The van der Waals surface area contributed by atoms with E-state index in [9.17, 15) is 4.79 Å². The van der Waals surface area contributed by atoms with E-state index < -0.39 is 0 Å². The molecule has 0 atom stereocenters. The molecule has 1 aromatic rings. The van der Waals surface area contributed by atoms with E-state index in [2.05, 4.69) is 15.2 Å². The Bertz CT molecular complexity index is 413. The van der Waals surface area contributed by atoms with Gasteiger partial charge in [0.2, 0.25) is 0 Å². The molecule has 112 valence electrons. The Morgan fingerprint density at radius 2 is 2.30 bits per heavy atom. The summed E-state index contributed by atoms with van der Waals surface area (Å²) in [7, 11) is 4.02. The lowest BCUT2D eigenvalue weighted by molar-refractivity contribution is 0.0938. The van der Waals surface area contributed by atoms with Gasteiger partial charge in [-0.25, -0.2) is 4.99 Å². The highest BCUT2D eigenvalue weighted by Gasteiger charge is 2.11. The standard InChI is InChI=1S/C14H23N3O3/c1-4-10-20-14(15-8-6-9-17(2)3)16-13(18)12-7-5-11-19-12/h5,7,11H,4,6,8-10H2,1-3H3,(H,15,16,18). The zero-order chi connectivity index (χ0) is 14.8. The third-order valence-corrected chi connectivity index (χ3v) is 2.43. The van der Waals surface area contributed by atoms with E-state index in [0.717, 1.165) is 19.4 Å². The highest BCUT2D eigenvalue weighted by Crippen LogP contribution is 1.99. The van der Waals surface area contributed by atoms with Crippen molar-refractivity contribution < 1.29 is 13.9 Å². The average molecular weight is 281 g/mol. The minimum atomic E-state index is -0.350. The summed E-state index contributed by atoms with van der Waals surface area (Å²) in [5.74, 6) is -0.108. The second-order valence-electron chi connectivity index (χ2n) is 4.62. The van der Waals surface area contributed by atoms with Gasteiger partial charge in [-0.3, -0.25) is 10.1 Å². The van der Waals surface area contributed by atoms with Crippen molar-refractivity contribution in [3.8, 4) is 0 Å². The number of amides is 1. The van der Waals surface area contributed by atoms with Crippen LogP contribution in [0.15, 0.2) is 27.8 Å². The zero-order valence-electron chi connectivity index (χ0n) is 12.4. The van der Waals surface area contributed by atoms with Crippen molar-refractivity contribution >= 4 is 11.9 Å². The SMILES string of the molecule is CCCOC(=NCCCN(C)C)NC(=O)c1ccco1. The molecule has 6 nitrogen and oxygen atoms in total. The molecule has 0 spiro atoms. The number of nitrogens with one attached hydrogen (secondary N) is 1. The predicted molar refractivity (Wildman–Crippen MR) is 77.9 cm³/mol. The van der Waals surface area contributed by atoms with Crippen molar-refractivity contribution in [2.45, 2.75) is 19.8 Å². The van der Waals surface area contributed by atoms with Crippen LogP contribution in [0.2, 0.25) is 0 Å². The monoisotopic (exact) mass is 281 g/mol. The van der Waals surface area contributed by atoms with Gasteiger partial charge in [-0.1, -0.05) is 6.92 Å². The average Bonchev–Trinajstić information content (AvgIpc) is 2.94. The largest absolute Gasteiger partial charge is 0.465 e. The lowest BCUT2D eigenvalue weighted by Crippen LogP contribution is -2.33. The summed E-state index contributed by atoms with van der Waals surface area (Å²) in [6.07, 6.45) is 3.21. The Kier molecular flexibility index (Phi) is 7.42. The van der Waals surface area contributed by atoms with Gasteiger partial charge < -0.3 is 14.1 Å². The maximum Gasteiger partial charge on any atom is 0.294 e. The summed E-state index contributed by atoms with van der Waals surface area (Å²) < 4.78 is 10.5. The van der Waals surface area contributed by atoms with E-state index in [1.165, 1.54) is 6.26 Å². The first-order valence-corrected chi connectivity index (χ1v) is 6.80. The molecule has 1 aromatic heterocycles. The number of ether oxygens (including phenoxy) is 1. The smallest absolute Gasteiger partial charge is 0.294 e. The molecular formula is C14H23N3O3. The van der Waals surface area contributed by atoms with Gasteiger partial charge in [-0.15, -0.1) is 0 Å². The summed E-state index contributed by atoms with van der Waals surface area (Å²) in [5, 5.41) is 2.62. The molecular weight excluding hydrogens is 258 g/mol. The lowest BCUT2D eigenvalue weighted by atomic mass is 10.4. The van der Waals surface area contributed by atoms with Gasteiger partial charge in [0.25, 0.3) is 11.9 Å². The number of furan rings is 1. The molecule has 1 heterocycles. The van der Waals surface area contributed by atoms with Crippen LogP contribution in [0.1, 0.15) is 30.3 Å². The van der Waals surface area contributed by atoms with Gasteiger partial charge in [0.15, 0.2) is 5.76 Å². The molecule has 0 aliphatic heterocycles. The van der Waals surface area contributed by atoms with Crippen LogP contribution < -0.4 is 5.32 Å². The summed E-state index contributed by atoms with van der Waals surface area (Å²) in [5.41, 5.74) is 0. The quantitative estimate of drug-likeness (QED) is 0.469. The molecule has 0 aliphatic carbocycles. The summed E-state index contributed by atoms with van der Waals surface area (Å²) in [6.45, 7) is 4.06. The van der Waals surface area contributed by atoms with E-state index >= 15 is 0 Å². The Morgan fingerprint density at radius 1 is 1.50 bits per heavy atom. The maximum atomic E-state index is 11.8. The Morgan fingerprint density at radius 3 is 2.90 bits per heavy atom. The second kappa shape index (κ2) is 9.14. The number of aliphatic imine (C=N–C) groups is 1. The first kappa shape index (κ1) is 16.2. The van der Waals surface area contributed by atoms with Crippen LogP contribution in [-0.2, 0) is 4.74 Å². The van der Waals surface area contributed by atoms with Gasteiger partial charge >= 0.3 is 0 Å². The fourth-order valence-electron chi connectivity index (χ4n) is 1.45. The van der Waals surface area contributed by atoms with E-state index in [4.69, 9.17) is 9.15 Å². The fourth-order valence-corrected chi connectivity index (χ4v) is 1.45. The lowest BCUT2D eigenvalue weighted by Gasteiger charge is -2.10. The van der Waals surface area contributed by atoms with Crippen molar-refractivity contribution in [3.05, 3.63) is 24.2 Å². The van der Waals surface area contributed by atoms with Crippen LogP contribution in [0.3, 0.4) is 0 Å². The molecule has 0 unspecified atom stereocenters. The number of amidine groups is 1. The van der Waals surface area contributed by atoms with Crippen molar-refractivity contribution in [2.75, 3.05) is 33.8 Å². The Balaban J connectivity index is 2.50. The van der Waals surface area contributed by atoms with Crippen LogP contribution >= 0.6 is 0 Å². The van der Waals surface area contributed by atoms with E-state index in [1.807, 2.05) is 21.0 Å². The number of hydrogen-bond acceptors (Lipinski definition) is 5. The molecule has 0 aromatic carbocycles. The second-order valence-corrected chi connectivity index (χ2v) is 4.62. The van der Waals surface area contributed by atoms with Crippen LogP contribution in [0, 0.1) is 0 Å². The molecule has 0 saturated carbocycles. The van der Waals surface area contributed by atoms with Gasteiger partial charge in [0, 0.05) is 6.54 Å². The highest BCUT2D eigenvalue weighted by molar-refractivity contribution is 6.02. The van der Waals surface area contributed by atoms with E-state index in [1.54, 1.807) is 12.1 Å². The van der Waals surface area contributed by atoms with Gasteiger partial charge in [-0.05, 0) is 45.6 Å². The number of rotatable bonds is 7. The normalized spacial score (nSPS) is 11.7. The molecule has 0 bridgehead atoms. The fraction of sp³-hybridized carbons (Fsp3) is 0.571. The molecule has 1 amide bonds. The molecule has 1 N–H and O–H groups in total. The topological polar surface area (TPSA) is 67.1 Å². The third-order valence-electron chi connectivity index (χ3n) is 2.43. The molecule has 0 saturated heterocycles. The number of nitrogens with zero attached hydrogens (tertiary/aromatic N) is 2. The van der Waals surface area contributed by atoms with Gasteiger partial charge in [-0.2, -0.15) is 0 Å². The van der Waals surface area contributed by atoms with Crippen molar-refractivity contribution in [1.82, 2.24) is 10.2 Å².